The topological polar surface area (TPSA) is 70.7 Å². The number of nitrogens with zero attached hydrogens (tertiary/aromatic N) is 1. The summed E-state index contributed by atoms with van der Waals surface area (Å²) < 4.78 is 18.7. The van der Waals surface area contributed by atoms with Crippen molar-refractivity contribution in [3.05, 3.63) is 58.9 Å². The number of rotatable bonds is 4. The summed E-state index contributed by atoms with van der Waals surface area (Å²) in [6, 6.07) is 11.3. The van der Waals surface area contributed by atoms with Crippen LogP contribution in [0.2, 0.25) is 5.02 Å². The number of benzene rings is 2. The van der Waals surface area contributed by atoms with E-state index in [1.807, 2.05) is 45.9 Å². The van der Waals surface area contributed by atoms with Gasteiger partial charge in [0.05, 0.1) is 10.6 Å². The lowest BCUT2D eigenvalue weighted by Crippen LogP contribution is -2.49. The molecule has 32 heavy (non-hydrogen) atoms. The molecular weight excluding hydrogens is 433 g/mol. The molecule has 0 unspecified atom stereocenters. The maximum atomic E-state index is 13.2. The minimum absolute atomic E-state index is 0.0413. The van der Waals surface area contributed by atoms with Gasteiger partial charge in [-0.05, 0) is 76.9 Å². The van der Waals surface area contributed by atoms with Crippen LogP contribution in [-0.2, 0) is 4.74 Å². The zero-order valence-electron chi connectivity index (χ0n) is 18.7. The van der Waals surface area contributed by atoms with Gasteiger partial charge < -0.3 is 20.3 Å². The molecule has 0 saturated carbocycles. The molecule has 3 rings (SSSR count). The van der Waals surface area contributed by atoms with Gasteiger partial charge in [0.2, 0.25) is 0 Å². The average molecular weight is 462 g/mol. The smallest absolute Gasteiger partial charge is 0.410 e. The molecule has 2 amide bonds. The van der Waals surface area contributed by atoms with Gasteiger partial charge >= 0.3 is 6.09 Å². The largest absolute Gasteiger partial charge is 0.444 e. The molecule has 0 aliphatic carbocycles. The fraction of sp³-hybridized carbons (Fsp3) is 0.417. The second-order valence-corrected chi connectivity index (χ2v) is 9.45. The van der Waals surface area contributed by atoms with E-state index in [4.69, 9.17) is 16.3 Å². The number of hydrogen-bond donors (Lipinski definition) is 2. The van der Waals surface area contributed by atoms with Gasteiger partial charge in [0.1, 0.15) is 11.4 Å². The Labute approximate surface area is 193 Å². The Balaban J connectivity index is 1.59. The molecule has 6 nitrogen and oxygen atoms in total. The van der Waals surface area contributed by atoms with Gasteiger partial charge in [0, 0.05) is 30.0 Å². The average Bonchev–Trinajstić information content (AvgIpc) is 2.66. The van der Waals surface area contributed by atoms with E-state index in [1.54, 1.807) is 11.0 Å². The van der Waals surface area contributed by atoms with Gasteiger partial charge in [0.15, 0.2) is 0 Å². The van der Waals surface area contributed by atoms with E-state index in [0.717, 1.165) is 24.6 Å². The van der Waals surface area contributed by atoms with Gasteiger partial charge in [-0.3, -0.25) is 4.79 Å². The number of carbonyl (C=O) groups excluding carboxylic acids is 2. The van der Waals surface area contributed by atoms with Crippen molar-refractivity contribution in [2.75, 3.05) is 17.2 Å². The third-order valence-corrected chi connectivity index (χ3v) is 5.48. The molecule has 1 heterocycles. The molecule has 2 N–H and O–H groups in total. The number of anilines is 2. The maximum Gasteiger partial charge on any atom is 0.410 e. The molecule has 0 bridgehead atoms. The van der Waals surface area contributed by atoms with Gasteiger partial charge in [-0.25, -0.2) is 9.18 Å². The van der Waals surface area contributed by atoms with Crippen molar-refractivity contribution in [1.29, 1.82) is 0 Å². The first kappa shape index (κ1) is 23.9. The first-order valence-electron chi connectivity index (χ1n) is 10.6. The maximum absolute atomic E-state index is 13.2. The van der Waals surface area contributed by atoms with Crippen LogP contribution < -0.4 is 10.6 Å². The molecule has 0 spiro atoms. The zero-order chi connectivity index (χ0) is 23.5. The molecule has 1 fully saturated rings. The first-order valence-corrected chi connectivity index (χ1v) is 11.0. The summed E-state index contributed by atoms with van der Waals surface area (Å²) >= 11 is 5.98. The highest BCUT2D eigenvalue weighted by Gasteiger charge is 2.31. The van der Waals surface area contributed by atoms with Crippen LogP contribution in [0.3, 0.4) is 0 Å². The van der Waals surface area contributed by atoms with E-state index < -0.39 is 17.3 Å². The number of hydrogen-bond acceptors (Lipinski definition) is 4. The van der Waals surface area contributed by atoms with Crippen molar-refractivity contribution >= 4 is 35.0 Å². The van der Waals surface area contributed by atoms with Crippen molar-refractivity contribution < 1.29 is 18.7 Å². The third kappa shape index (κ3) is 6.36. The molecule has 0 aromatic heterocycles. The fourth-order valence-corrected chi connectivity index (χ4v) is 3.94. The summed E-state index contributed by atoms with van der Waals surface area (Å²) in [7, 11) is 0. The first-order chi connectivity index (χ1) is 15.0. The second-order valence-electron chi connectivity index (χ2n) is 9.05. The number of halogens is 2. The van der Waals surface area contributed by atoms with Crippen LogP contribution in [0.4, 0.5) is 20.6 Å². The van der Waals surface area contributed by atoms with Crippen molar-refractivity contribution in [3.63, 3.8) is 0 Å². The monoisotopic (exact) mass is 461 g/mol. The Morgan fingerprint density at radius 3 is 2.53 bits per heavy atom. The van der Waals surface area contributed by atoms with Gasteiger partial charge in [-0.2, -0.15) is 0 Å². The van der Waals surface area contributed by atoms with Crippen LogP contribution in [0.25, 0.3) is 0 Å². The summed E-state index contributed by atoms with van der Waals surface area (Å²) in [4.78, 5) is 26.7. The van der Waals surface area contributed by atoms with Crippen LogP contribution in [0, 0.1) is 5.82 Å². The second kappa shape index (κ2) is 9.77. The van der Waals surface area contributed by atoms with Crippen molar-refractivity contribution in [2.45, 2.75) is 58.2 Å². The van der Waals surface area contributed by atoms with E-state index in [2.05, 4.69) is 10.6 Å². The lowest BCUT2D eigenvalue weighted by Gasteiger charge is -2.38. The molecule has 2 atom stereocenters. The van der Waals surface area contributed by atoms with Crippen LogP contribution in [0.15, 0.2) is 42.5 Å². The lowest BCUT2D eigenvalue weighted by molar-refractivity contribution is 0.0112. The number of nitrogens with one attached hydrogen (secondary N) is 2. The number of amides is 2. The van der Waals surface area contributed by atoms with Crippen molar-refractivity contribution in [1.82, 2.24) is 4.90 Å². The fourth-order valence-electron chi connectivity index (χ4n) is 3.69. The van der Waals surface area contributed by atoms with Crippen LogP contribution in [0.5, 0.6) is 0 Å². The standard InChI is InChI=1S/C24H29ClFN3O3/c1-15-12-19(10-11-29(15)23(31)32-24(2,3)4)27-17-6-5-7-18(14-17)28-22(30)20-9-8-16(26)13-21(20)25/h5-9,13-15,19,27H,10-12H2,1-4H3,(H,28,30)/t15-,19-/m0/s1. The zero-order valence-corrected chi connectivity index (χ0v) is 19.5. The molecule has 2 aromatic rings. The van der Waals surface area contributed by atoms with E-state index in [0.29, 0.717) is 12.2 Å². The molecule has 1 aliphatic heterocycles. The number of carbonyl (C=O) groups is 2. The summed E-state index contributed by atoms with van der Waals surface area (Å²) in [5, 5.41) is 6.34. The van der Waals surface area contributed by atoms with Crippen LogP contribution >= 0.6 is 11.6 Å². The number of likely N-dealkylation sites (tertiary alicyclic amines) is 1. The highest BCUT2D eigenvalue weighted by atomic mass is 35.5. The molecule has 1 saturated heterocycles. The minimum atomic E-state index is -0.519. The summed E-state index contributed by atoms with van der Waals surface area (Å²) in [6.07, 6.45) is 1.28. The van der Waals surface area contributed by atoms with E-state index >= 15 is 0 Å². The lowest BCUT2D eigenvalue weighted by atomic mass is 9.98. The normalized spacial score (nSPS) is 18.8. The van der Waals surface area contributed by atoms with Crippen LogP contribution in [0.1, 0.15) is 50.9 Å². The van der Waals surface area contributed by atoms with Crippen LogP contribution in [-0.4, -0.2) is 41.1 Å². The minimum Gasteiger partial charge on any atom is -0.444 e. The van der Waals surface area contributed by atoms with Gasteiger partial charge in [0.25, 0.3) is 5.91 Å². The molecule has 1 aliphatic rings. The Hall–Kier alpha value is -2.80. The van der Waals surface area contributed by atoms with E-state index in [-0.39, 0.29) is 28.8 Å². The predicted octanol–water partition coefficient (Wildman–Crippen LogP) is 5.93. The number of ether oxygens (including phenoxy) is 1. The molecule has 2 aromatic carbocycles. The molecule has 0 radical (unpaired) electrons. The highest BCUT2D eigenvalue weighted by molar-refractivity contribution is 6.34. The summed E-state index contributed by atoms with van der Waals surface area (Å²) in [6.45, 7) is 8.20. The Bertz CT molecular complexity index is 993. The SMILES string of the molecule is C[C@H]1C[C@@H](Nc2cccc(NC(=O)c3ccc(F)cc3Cl)c2)CCN1C(=O)OC(C)(C)C. The van der Waals surface area contributed by atoms with Crippen molar-refractivity contribution in [3.8, 4) is 0 Å². The quantitative estimate of drug-likeness (QED) is 0.591. The van der Waals surface area contributed by atoms with E-state index in [9.17, 15) is 14.0 Å². The molecule has 8 heteroatoms. The Morgan fingerprint density at radius 1 is 1.16 bits per heavy atom. The Kier molecular flexibility index (Phi) is 7.29. The van der Waals surface area contributed by atoms with Gasteiger partial charge in [-0.15, -0.1) is 0 Å². The highest BCUT2D eigenvalue weighted by Crippen LogP contribution is 2.25. The molecule has 172 valence electrons. The summed E-state index contributed by atoms with van der Waals surface area (Å²) in [5.74, 6) is -0.906. The third-order valence-electron chi connectivity index (χ3n) is 5.17. The van der Waals surface area contributed by atoms with Crippen molar-refractivity contribution in [2.24, 2.45) is 0 Å². The van der Waals surface area contributed by atoms with E-state index in [1.165, 1.54) is 12.1 Å². The van der Waals surface area contributed by atoms with Gasteiger partial charge in [-0.1, -0.05) is 17.7 Å². The molecular formula is C24H29ClFN3O3. The Morgan fingerprint density at radius 2 is 1.88 bits per heavy atom. The number of piperidine rings is 1. The summed E-state index contributed by atoms with van der Waals surface area (Å²) in [5.41, 5.74) is 1.14. The predicted molar refractivity (Wildman–Crippen MR) is 125 cm³/mol.